The normalized spacial score (nSPS) is 10.4. The number of halogens is 1. The first-order valence-corrected chi connectivity index (χ1v) is 10.6. The van der Waals surface area contributed by atoms with Crippen LogP contribution in [0.3, 0.4) is 0 Å². The van der Waals surface area contributed by atoms with Gasteiger partial charge in [-0.3, -0.25) is 9.59 Å². The van der Waals surface area contributed by atoms with Crippen LogP contribution in [-0.2, 0) is 11.2 Å². The number of amides is 2. The average molecular weight is 437 g/mol. The lowest BCUT2D eigenvalue weighted by Gasteiger charge is -2.09. The molecule has 0 saturated carbocycles. The van der Waals surface area contributed by atoms with E-state index in [0.717, 1.165) is 24.9 Å². The molecule has 0 saturated heterocycles. The number of nitrogens with one attached hydrogen (secondary N) is 2. The fraction of sp³-hybridized carbons (Fsp3) is 0.200. The van der Waals surface area contributed by atoms with E-state index >= 15 is 0 Å². The van der Waals surface area contributed by atoms with Gasteiger partial charge in [-0.25, -0.2) is 0 Å². The lowest BCUT2D eigenvalue weighted by atomic mass is 10.1. The van der Waals surface area contributed by atoms with E-state index in [2.05, 4.69) is 17.6 Å². The summed E-state index contributed by atoms with van der Waals surface area (Å²) < 4.78 is 5.49. The highest BCUT2D eigenvalue weighted by molar-refractivity contribution is 6.30. The minimum Gasteiger partial charge on any atom is -0.484 e. The molecule has 2 N–H and O–H groups in total. The second kappa shape index (κ2) is 11.2. The van der Waals surface area contributed by atoms with Gasteiger partial charge in [-0.15, -0.1) is 0 Å². The highest BCUT2D eigenvalue weighted by Gasteiger charge is 2.08. The van der Waals surface area contributed by atoms with Crippen molar-refractivity contribution < 1.29 is 14.3 Å². The van der Waals surface area contributed by atoms with E-state index in [0.29, 0.717) is 22.0 Å². The molecule has 6 heteroatoms. The summed E-state index contributed by atoms with van der Waals surface area (Å²) in [6.07, 6.45) is 3.36. The lowest BCUT2D eigenvalue weighted by Crippen LogP contribution is -2.20. The molecule has 0 fully saturated rings. The van der Waals surface area contributed by atoms with Crippen LogP contribution in [0, 0.1) is 0 Å². The van der Waals surface area contributed by atoms with Gasteiger partial charge >= 0.3 is 0 Å². The maximum Gasteiger partial charge on any atom is 0.262 e. The maximum absolute atomic E-state index is 12.5. The average Bonchev–Trinajstić information content (AvgIpc) is 2.77. The molecule has 31 heavy (non-hydrogen) atoms. The fourth-order valence-corrected chi connectivity index (χ4v) is 3.14. The van der Waals surface area contributed by atoms with Gasteiger partial charge in [-0.05, 0) is 73.0 Å². The van der Waals surface area contributed by atoms with E-state index in [1.807, 2.05) is 24.3 Å². The molecule has 0 unspecified atom stereocenters. The molecule has 0 atom stereocenters. The van der Waals surface area contributed by atoms with Gasteiger partial charge in [0.25, 0.3) is 11.8 Å². The van der Waals surface area contributed by atoms with E-state index in [4.69, 9.17) is 16.3 Å². The number of carbonyl (C=O) groups is 2. The predicted octanol–water partition coefficient (Wildman–Crippen LogP) is 5.95. The zero-order chi connectivity index (χ0) is 22.1. The quantitative estimate of drug-likeness (QED) is 0.435. The summed E-state index contributed by atoms with van der Waals surface area (Å²) in [7, 11) is 0. The Bertz CT molecular complexity index is 1020. The van der Waals surface area contributed by atoms with Gasteiger partial charge < -0.3 is 15.4 Å². The number of ether oxygens (including phenoxy) is 1. The number of anilines is 2. The number of hydrogen-bond acceptors (Lipinski definition) is 3. The van der Waals surface area contributed by atoms with Gasteiger partial charge in [0, 0.05) is 22.0 Å². The third kappa shape index (κ3) is 7.15. The van der Waals surface area contributed by atoms with Crippen molar-refractivity contribution in [3.8, 4) is 5.75 Å². The molecule has 0 heterocycles. The maximum atomic E-state index is 12.5. The molecule has 5 nitrogen and oxygen atoms in total. The Morgan fingerprint density at radius 2 is 1.65 bits per heavy atom. The van der Waals surface area contributed by atoms with Crippen molar-refractivity contribution in [3.05, 3.63) is 88.9 Å². The Morgan fingerprint density at radius 3 is 2.32 bits per heavy atom. The topological polar surface area (TPSA) is 67.4 Å². The van der Waals surface area contributed by atoms with Crippen molar-refractivity contribution >= 4 is 34.8 Å². The van der Waals surface area contributed by atoms with Gasteiger partial charge in [0.1, 0.15) is 5.75 Å². The van der Waals surface area contributed by atoms with Gasteiger partial charge in [0.05, 0.1) is 0 Å². The first-order chi connectivity index (χ1) is 15.0. The molecule has 3 rings (SSSR count). The molecule has 0 bridgehead atoms. The van der Waals surface area contributed by atoms with E-state index in [1.165, 1.54) is 5.56 Å². The van der Waals surface area contributed by atoms with Crippen molar-refractivity contribution in [2.24, 2.45) is 0 Å². The second-order valence-electron chi connectivity index (χ2n) is 7.13. The van der Waals surface area contributed by atoms with E-state index in [-0.39, 0.29) is 18.4 Å². The lowest BCUT2D eigenvalue weighted by molar-refractivity contribution is -0.118. The van der Waals surface area contributed by atoms with Crippen LogP contribution in [0.5, 0.6) is 5.75 Å². The van der Waals surface area contributed by atoms with Crippen molar-refractivity contribution in [2.75, 3.05) is 17.2 Å². The van der Waals surface area contributed by atoms with Crippen LogP contribution in [0.4, 0.5) is 11.4 Å². The SMILES string of the molecule is CCCCc1ccc(NC(=O)c2ccc(OCC(=O)Nc3cccc(Cl)c3)cc2)cc1. The number of benzene rings is 3. The molecule has 0 radical (unpaired) electrons. The molecule has 3 aromatic rings. The number of hydrogen-bond donors (Lipinski definition) is 2. The van der Waals surface area contributed by atoms with Crippen molar-refractivity contribution in [3.63, 3.8) is 0 Å². The number of carbonyl (C=O) groups excluding carboxylic acids is 2. The summed E-state index contributed by atoms with van der Waals surface area (Å²) in [6, 6.07) is 21.4. The molecule has 3 aromatic carbocycles. The fourth-order valence-electron chi connectivity index (χ4n) is 2.95. The van der Waals surface area contributed by atoms with Crippen molar-refractivity contribution in [1.82, 2.24) is 0 Å². The van der Waals surface area contributed by atoms with Crippen molar-refractivity contribution in [1.29, 1.82) is 0 Å². The summed E-state index contributed by atoms with van der Waals surface area (Å²) in [5, 5.41) is 6.14. The molecular weight excluding hydrogens is 412 g/mol. The monoisotopic (exact) mass is 436 g/mol. The Morgan fingerprint density at radius 1 is 0.903 bits per heavy atom. The molecule has 160 valence electrons. The molecule has 2 amide bonds. The van der Waals surface area contributed by atoms with E-state index in [1.54, 1.807) is 48.5 Å². The zero-order valence-electron chi connectivity index (χ0n) is 17.4. The number of aryl methyl sites for hydroxylation is 1. The van der Waals surface area contributed by atoms with Crippen LogP contribution in [-0.4, -0.2) is 18.4 Å². The number of unbranched alkanes of at least 4 members (excludes halogenated alkanes) is 1. The van der Waals surface area contributed by atoms with Crippen LogP contribution in [0.25, 0.3) is 0 Å². The molecule has 0 aliphatic rings. The smallest absolute Gasteiger partial charge is 0.262 e. The Labute approximate surface area is 187 Å². The zero-order valence-corrected chi connectivity index (χ0v) is 18.1. The van der Waals surface area contributed by atoms with Crippen LogP contribution in [0.2, 0.25) is 5.02 Å². The highest BCUT2D eigenvalue weighted by Crippen LogP contribution is 2.17. The summed E-state index contributed by atoms with van der Waals surface area (Å²) in [5.74, 6) is -0.00361. The van der Waals surface area contributed by atoms with Crippen LogP contribution in [0.1, 0.15) is 35.7 Å². The Kier molecular flexibility index (Phi) is 8.07. The Hall–Kier alpha value is -3.31. The van der Waals surface area contributed by atoms with Gasteiger partial charge in [0.2, 0.25) is 0 Å². The largest absolute Gasteiger partial charge is 0.484 e. The second-order valence-corrected chi connectivity index (χ2v) is 7.56. The van der Waals surface area contributed by atoms with Crippen LogP contribution >= 0.6 is 11.6 Å². The minimum absolute atomic E-state index is 0.150. The summed E-state index contributed by atoms with van der Waals surface area (Å²) in [5.41, 5.74) is 3.13. The Balaban J connectivity index is 1.48. The summed E-state index contributed by atoms with van der Waals surface area (Å²) in [4.78, 5) is 24.5. The predicted molar refractivity (Wildman–Crippen MR) is 125 cm³/mol. The third-order valence-corrected chi connectivity index (χ3v) is 4.86. The summed E-state index contributed by atoms with van der Waals surface area (Å²) in [6.45, 7) is 2.02. The van der Waals surface area contributed by atoms with E-state index in [9.17, 15) is 9.59 Å². The van der Waals surface area contributed by atoms with Gasteiger partial charge in [-0.1, -0.05) is 43.1 Å². The highest BCUT2D eigenvalue weighted by atomic mass is 35.5. The molecular formula is C25H25ClN2O3. The molecule has 0 aromatic heterocycles. The first kappa shape index (κ1) is 22.4. The first-order valence-electron chi connectivity index (χ1n) is 10.2. The van der Waals surface area contributed by atoms with Crippen LogP contribution < -0.4 is 15.4 Å². The molecule has 0 aliphatic carbocycles. The molecule has 0 spiro atoms. The van der Waals surface area contributed by atoms with Crippen molar-refractivity contribution in [2.45, 2.75) is 26.2 Å². The van der Waals surface area contributed by atoms with Crippen LogP contribution in [0.15, 0.2) is 72.8 Å². The summed E-state index contributed by atoms with van der Waals surface area (Å²) >= 11 is 5.90. The van der Waals surface area contributed by atoms with Gasteiger partial charge in [0.15, 0.2) is 6.61 Å². The third-order valence-electron chi connectivity index (χ3n) is 4.63. The minimum atomic E-state index is -0.300. The van der Waals surface area contributed by atoms with Gasteiger partial charge in [-0.2, -0.15) is 0 Å². The number of rotatable bonds is 9. The standard InChI is InChI=1S/C25H25ClN2O3/c1-2-3-5-18-8-12-21(13-9-18)28-25(30)19-10-14-23(15-11-19)31-17-24(29)27-22-7-4-6-20(26)16-22/h4,6-16H,2-3,5,17H2,1H3,(H,27,29)(H,28,30). The van der Waals surface area contributed by atoms with E-state index < -0.39 is 0 Å². The molecule has 0 aliphatic heterocycles.